The van der Waals surface area contributed by atoms with Gasteiger partial charge in [0, 0.05) is 15.6 Å². The molecule has 1 aromatic heterocycles. The van der Waals surface area contributed by atoms with E-state index in [-0.39, 0.29) is 5.56 Å². The van der Waals surface area contributed by atoms with E-state index >= 15 is 0 Å². The third-order valence-electron chi connectivity index (χ3n) is 2.28. The summed E-state index contributed by atoms with van der Waals surface area (Å²) in [5.74, 6) is -1.00. The van der Waals surface area contributed by atoms with Gasteiger partial charge in [-0.05, 0) is 40.2 Å². The Morgan fingerprint density at radius 1 is 1.42 bits per heavy atom. The minimum atomic E-state index is -1.00. The standard InChI is InChI=1S/C13H7BrN2O2S/c14-10-2-1-3-11(9(10)7-15)19-12-6-8(13(17)18)4-5-16-12/h1-6H,(H,17,18). The Balaban J connectivity index is 2.37. The lowest BCUT2D eigenvalue weighted by Crippen LogP contribution is -1.96. The smallest absolute Gasteiger partial charge is 0.335 e. The lowest BCUT2D eigenvalue weighted by atomic mass is 10.2. The molecule has 0 spiro atoms. The summed E-state index contributed by atoms with van der Waals surface area (Å²) < 4.78 is 0.703. The minimum Gasteiger partial charge on any atom is -0.478 e. The van der Waals surface area contributed by atoms with Crippen LogP contribution in [0.5, 0.6) is 0 Å². The molecule has 0 aliphatic carbocycles. The molecular weight excluding hydrogens is 328 g/mol. The topological polar surface area (TPSA) is 74.0 Å². The van der Waals surface area contributed by atoms with Gasteiger partial charge in [-0.2, -0.15) is 5.26 Å². The fourth-order valence-electron chi connectivity index (χ4n) is 1.41. The van der Waals surface area contributed by atoms with Crippen LogP contribution in [-0.2, 0) is 0 Å². The highest BCUT2D eigenvalue weighted by atomic mass is 79.9. The van der Waals surface area contributed by atoms with Crippen LogP contribution in [0.1, 0.15) is 15.9 Å². The molecule has 4 nitrogen and oxygen atoms in total. The molecule has 0 unspecified atom stereocenters. The van der Waals surface area contributed by atoms with E-state index in [1.54, 1.807) is 12.1 Å². The molecule has 1 heterocycles. The highest BCUT2D eigenvalue weighted by Gasteiger charge is 2.10. The maximum Gasteiger partial charge on any atom is 0.335 e. The molecule has 19 heavy (non-hydrogen) atoms. The van der Waals surface area contributed by atoms with Crippen LogP contribution < -0.4 is 0 Å². The molecule has 6 heteroatoms. The van der Waals surface area contributed by atoms with Crippen LogP contribution in [0.15, 0.2) is 50.9 Å². The lowest BCUT2D eigenvalue weighted by Gasteiger charge is -2.05. The molecule has 0 atom stereocenters. The number of hydrogen-bond donors (Lipinski definition) is 1. The summed E-state index contributed by atoms with van der Waals surface area (Å²) in [6, 6.07) is 10.4. The fraction of sp³-hybridized carbons (Fsp3) is 0. The molecule has 1 N–H and O–H groups in total. The number of rotatable bonds is 3. The summed E-state index contributed by atoms with van der Waals surface area (Å²) in [5.41, 5.74) is 0.682. The van der Waals surface area contributed by atoms with Crippen LogP contribution >= 0.6 is 27.7 Å². The predicted octanol–water partition coefficient (Wildman–Crippen LogP) is 3.57. The second kappa shape index (κ2) is 5.87. The summed E-state index contributed by atoms with van der Waals surface area (Å²) in [4.78, 5) is 15.7. The Morgan fingerprint density at radius 2 is 2.21 bits per heavy atom. The molecule has 0 saturated heterocycles. The number of aromatic nitrogens is 1. The molecule has 1 aromatic carbocycles. The molecule has 0 aliphatic heterocycles. The summed E-state index contributed by atoms with van der Waals surface area (Å²) in [7, 11) is 0. The van der Waals surface area contributed by atoms with E-state index in [2.05, 4.69) is 27.0 Å². The molecule has 0 radical (unpaired) electrons. The van der Waals surface area contributed by atoms with Crippen molar-refractivity contribution in [2.75, 3.05) is 0 Å². The van der Waals surface area contributed by atoms with Gasteiger partial charge in [0.05, 0.1) is 11.1 Å². The Kier molecular flexibility index (Phi) is 4.20. The number of nitriles is 1. The van der Waals surface area contributed by atoms with Gasteiger partial charge in [0.25, 0.3) is 0 Å². The Bertz CT molecular complexity index is 683. The molecule has 0 bridgehead atoms. The maximum absolute atomic E-state index is 10.9. The number of carboxylic acid groups (broad SMARTS) is 1. The van der Waals surface area contributed by atoms with Crippen LogP contribution in [0.25, 0.3) is 0 Å². The number of benzene rings is 1. The van der Waals surface area contributed by atoms with Gasteiger partial charge >= 0.3 is 5.97 Å². The number of pyridine rings is 1. The minimum absolute atomic E-state index is 0.172. The van der Waals surface area contributed by atoms with Gasteiger partial charge in [-0.15, -0.1) is 0 Å². The van der Waals surface area contributed by atoms with Crippen LogP contribution in [0.4, 0.5) is 0 Å². The SMILES string of the molecule is N#Cc1c(Br)cccc1Sc1cc(C(=O)O)ccn1. The summed E-state index contributed by atoms with van der Waals surface area (Å²) >= 11 is 4.57. The zero-order valence-corrected chi connectivity index (χ0v) is 11.9. The second-order valence-corrected chi connectivity index (χ2v) is 5.43. The van der Waals surface area contributed by atoms with Crippen LogP contribution in [-0.4, -0.2) is 16.1 Å². The number of aromatic carboxylic acids is 1. The van der Waals surface area contributed by atoms with Crippen molar-refractivity contribution in [2.24, 2.45) is 0 Å². The van der Waals surface area contributed by atoms with Crippen molar-refractivity contribution in [3.8, 4) is 6.07 Å². The first-order valence-corrected chi connectivity index (χ1v) is 6.78. The zero-order chi connectivity index (χ0) is 13.8. The third-order valence-corrected chi connectivity index (χ3v) is 3.94. The van der Waals surface area contributed by atoms with E-state index in [1.165, 1.54) is 30.1 Å². The second-order valence-electron chi connectivity index (χ2n) is 3.51. The van der Waals surface area contributed by atoms with Crippen molar-refractivity contribution in [1.29, 1.82) is 5.26 Å². The Labute approximate surface area is 122 Å². The van der Waals surface area contributed by atoms with Crippen LogP contribution in [0.2, 0.25) is 0 Å². The first kappa shape index (κ1) is 13.6. The first-order valence-electron chi connectivity index (χ1n) is 5.17. The molecule has 0 aliphatic rings. The first-order chi connectivity index (χ1) is 9.11. The summed E-state index contributed by atoms with van der Waals surface area (Å²) in [5, 5.41) is 18.6. The van der Waals surface area contributed by atoms with Gasteiger partial charge in [-0.1, -0.05) is 17.8 Å². The van der Waals surface area contributed by atoms with Crippen molar-refractivity contribution >= 4 is 33.7 Å². The lowest BCUT2D eigenvalue weighted by molar-refractivity contribution is 0.0696. The van der Waals surface area contributed by atoms with Crippen LogP contribution in [0, 0.1) is 11.3 Å². The van der Waals surface area contributed by atoms with E-state index in [9.17, 15) is 4.79 Å². The predicted molar refractivity (Wildman–Crippen MR) is 74.2 cm³/mol. The van der Waals surface area contributed by atoms with E-state index in [1.807, 2.05) is 6.07 Å². The number of halogens is 1. The van der Waals surface area contributed by atoms with Gasteiger partial charge in [-0.3, -0.25) is 0 Å². The average Bonchev–Trinajstić information content (AvgIpc) is 2.39. The van der Waals surface area contributed by atoms with E-state index in [4.69, 9.17) is 10.4 Å². The van der Waals surface area contributed by atoms with Crippen molar-refractivity contribution < 1.29 is 9.90 Å². The quantitative estimate of drug-likeness (QED) is 0.928. The van der Waals surface area contributed by atoms with Gasteiger partial charge in [0.2, 0.25) is 0 Å². The third kappa shape index (κ3) is 3.13. The summed E-state index contributed by atoms with van der Waals surface area (Å²) in [6.45, 7) is 0. The van der Waals surface area contributed by atoms with Gasteiger partial charge in [0.1, 0.15) is 11.1 Å². The van der Waals surface area contributed by atoms with Crippen molar-refractivity contribution in [3.63, 3.8) is 0 Å². The number of carbonyl (C=O) groups is 1. The largest absolute Gasteiger partial charge is 0.478 e. The zero-order valence-electron chi connectivity index (χ0n) is 9.50. The molecule has 94 valence electrons. The highest BCUT2D eigenvalue weighted by molar-refractivity contribution is 9.10. The van der Waals surface area contributed by atoms with Gasteiger partial charge < -0.3 is 5.11 Å². The van der Waals surface area contributed by atoms with Gasteiger partial charge in [0.15, 0.2) is 0 Å². The molecule has 2 aromatic rings. The van der Waals surface area contributed by atoms with Crippen molar-refractivity contribution in [2.45, 2.75) is 9.92 Å². The van der Waals surface area contributed by atoms with Gasteiger partial charge in [-0.25, -0.2) is 9.78 Å². The number of nitrogens with zero attached hydrogens (tertiary/aromatic N) is 2. The molecule has 0 fully saturated rings. The van der Waals surface area contributed by atoms with E-state index in [0.29, 0.717) is 15.1 Å². The normalized spacial score (nSPS) is 9.89. The molecular formula is C13H7BrN2O2S. The maximum atomic E-state index is 10.9. The van der Waals surface area contributed by atoms with E-state index in [0.717, 1.165) is 4.90 Å². The van der Waals surface area contributed by atoms with Crippen LogP contribution in [0.3, 0.4) is 0 Å². The Morgan fingerprint density at radius 3 is 2.89 bits per heavy atom. The average molecular weight is 335 g/mol. The monoisotopic (exact) mass is 334 g/mol. The van der Waals surface area contributed by atoms with Crippen molar-refractivity contribution in [1.82, 2.24) is 4.98 Å². The van der Waals surface area contributed by atoms with E-state index < -0.39 is 5.97 Å². The fourth-order valence-corrected chi connectivity index (χ4v) is 2.92. The molecule has 0 amide bonds. The van der Waals surface area contributed by atoms with Crippen molar-refractivity contribution in [3.05, 3.63) is 52.1 Å². The summed E-state index contributed by atoms with van der Waals surface area (Å²) in [6.07, 6.45) is 1.44. The Hall–Kier alpha value is -1.84. The molecule has 0 saturated carbocycles. The molecule has 2 rings (SSSR count). The number of hydrogen-bond acceptors (Lipinski definition) is 4. The highest BCUT2D eigenvalue weighted by Crippen LogP contribution is 2.32. The number of carboxylic acids is 1.